The van der Waals surface area contributed by atoms with Gasteiger partial charge in [-0.25, -0.2) is 4.98 Å². The fourth-order valence-electron chi connectivity index (χ4n) is 2.26. The van der Waals surface area contributed by atoms with Crippen LogP contribution in [0.5, 0.6) is 0 Å². The number of hydrogen-bond donors (Lipinski definition) is 1. The molecule has 2 rings (SSSR count). The van der Waals surface area contributed by atoms with E-state index in [9.17, 15) is 0 Å². The molecule has 0 saturated heterocycles. The summed E-state index contributed by atoms with van der Waals surface area (Å²) in [5.41, 5.74) is 9.47. The molecule has 0 saturated carbocycles. The third-order valence-electron chi connectivity index (χ3n) is 3.16. The molecule has 3 heteroatoms. The molecular formula is C15H21N3. The van der Waals surface area contributed by atoms with Crippen LogP contribution in [0.15, 0.2) is 24.3 Å². The van der Waals surface area contributed by atoms with Gasteiger partial charge in [0.2, 0.25) is 0 Å². The van der Waals surface area contributed by atoms with Gasteiger partial charge in [-0.2, -0.15) is 0 Å². The maximum absolute atomic E-state index is 6.24. The van der Waals surface area contributed by atoms with Crippen LogP contribution in [-0.2, 0) is 6.54 Å². The van der Waals surface area contributed by atoms with Gasteiger partial charge in [-0.15, -0.1) is 0 Å². The average molecular weight is 243 g/mol. The first-order valence-corrected chi connectivity index (χ1v) is 6.47. The van der Waals surface area contributed by atoms with Crippen LogP contribution in [0, 0.1) is 6.92 Å². The number of nitrogens with two attached hydrogens (primary N) is 1. The molecule has 2 aromatic rings. The minimum Gasteiger partial charge on any atom is -0.383 e. The van der Waals surface area contributed by atoms with Gasteiger partial charge < -0.3 is 10.3 Å². The molecule has 2 N–H and O–H groups in total. The van der Waals surface area contributed by atoms with Crippen LogP contribution in [0.4, 0.5) is 5.82 Å². The summed E-state index contributed by atoms with van der Waals surface area (Å²) in [5.74, 6) is 2.21. The van der Waals surface area contributed by atoms with E-state index in [0.29, 0.717) is 5.92 Å². The van der Waals surface area contributed by atoms with Crippen LogP contribution in [-0.4, -0.2) is 9.55 Å². The molecule has 0 aliphatic carbocycles. The van der Waals surface area contributed by atoms with Crippen molar-refractivity contribution in [2.45, 2.75) is 40.2 Å². The first-order valence-electron chi connectivity index (χ1n) is 6.47. The summed E-state index contributed by atoms with van der Waals surface area (Å²) >= 11 is 0. The standard InChI is InChI=1S/C15H21N3/c1-5-18-14(16)13(17-15(18)10(2)3)12-8-6-7-11(4)9-12/h6-10H,5,16H2,1-4H3. The lowest BCUT2D eigenvalue weighted by atomic mass is 10.1. The molecule has 18 heavy (non-hydrogen) atoms. The van der Waals surface area contributed by atoms with Gasteiger partial charge in [0.05, 0.1) is 0 Å². The number of imidazole rings is 1. The highest BCUT2D eigenvalue weighted by Crippen LogP contribution is 2.29. The first-order chi connectivity index (χ1) is 8.54. The number of nitrogens with zero attached hydrogens (tertiary/aromatic N) is 2. The number of anilines is 1. The molecule has 0 fully saturated rings. The van der Waals surface area contributed by atoms with E-state index in [-0.39, 0.29) is 0 Å². The van der Waals surface area contributed by atoms with Crippen molar-refractivity contribution in [1.82, 2.24) is 9.55 Å². The summed E-state index contributed by atoms with van der Waals surface area (Å²) in [4.78, 5) is 4.73. The number of aryl methyl sites for hydroxylation is 1. The molecule has 0 atom stereocenters. The Kier molecular flexibility index (Phi) is 3.41. The fourth-order valence-corrected chi connectivity index (χ4v) is 2.26. The molecule has 0 aliphatic rings. The number of nitrogen functional groups attached to an aromatic ring is 1. The monoisotopic (exact) mass is 243 g/mol. The molecule has 96 valence electrons. The van der Waals surface area contributed by atoms with E-state index in [4.69, 9.17) is 10.7 Å². The summed E-state index contributed by atoms with van der Waals surface area (Å²) in [7, 11) is 0. The number of rotatable bonds is 3. The van der Waals surface area contributed by atoms with Crippen LogP contribution in [0.2, 0.25) is 0 Å². The van der Waals surface area contributed by atoms with Gasteiger partial charge in [0.1, 0.15) is 17.3 Å². The van der Waals surface area contributed by atoms with Gasteiger partial charge in [0.15, 0.2) is 0 Å². The van der Waals surface area contributed by atoms with Crippen molar-refractivity contribution in [2.75, 3.05) is 5.73 Å². The van der Waals surface area contributed by atoms with Crippen LogP contribution in [0.1, 0.15) is 38.1 Å². The zero-order valence-electron chi connectivity index (χ0n) is 11.6. The molecule has 0 bridgehead atoms. The van der Waals surface area contributed by atoms with E-state index in [1.54, 1.807) is 0 Å². The maximum Gasteiger partial charge on any atom is 0.131 e. The second-order valence-corrected chi connectivity index (χ2v) is 4.97. The number of hydrogen-bond acceptors (Lipinski definition) is 2. The molecule has 0 radical (unpaired) electrons. The van der Waals surface area contributed by atoms with Crippen LogP contribution < -0.4 is 5.73 Å². The third kappa shape index (κ3) is 2.13. The first kappa shape index (κ1) is 12.7. The van der Waals surface area contributed by atoms with Crippen molar-refractivity contribution in [3.8, 4) is 11.3 Å². The second kappa shape index (κ2) is 4.84. The van der Waals surface area contributed by atoms with Crippen LogP contribution >= 0.6 is 0 Å². The van der Waals surface area contributed by atoms with E-state index in [1.807, 2.05) is 6.07 Å². The van der Waals surface area contributed by atoms with Gasteiger partial charge in [0, 0.05) is 18.0 Å². The quantitative estimate of drug-likeness (QED) is 0.895. The van der Waals surface area contributed by atoms with Crippen molar-refractivity contribution in [3.05, 3.63) is 35.7 Å². The molecule has 1 aromatic heterocycles. The van der Waals surface area contributed by atoms with Crippen molar-refractivity contribution in [2.24, 2.45) is 0 Å². The summed E-state index contributed by atoms with van der Waals surface area (Å²) in [6, 6.07) is 8.32. The summed E-state index contributed by atoms with van der Waals surface area (Å²) in [5, 5.41) is 0. The normalized spacial score (nSPS) is 11.2. The second-order valence-electron chi connectivity index (χ2n) is 4.97. The van der Waals surface area contributed by atoms with Crippen molar-refractivity contribution in [1.29, 1.82) is 0 Å². The molecule has 0 aliphatic heterocycles. The topological polar surface area (TPSA) is 43.8 Å². The van der Waals surface area contributed by atoms with Crippen LogP contribution in [0.25, 0.3) is 11.3 Å². The highest BCUT2D eigenvalue weighted by atomic mass is 15.1. The fraction of sp³-hybridized carbons (Fsp3) is 0.400. The highest BCUT2D eigenvalue weighted by Gasteiger charge is 2.17. The Labute approximate surface area is 109 Å². The van der Waals surface area contributed by atoms with Crippen molar-refractivity contribution >= 4 is 5.82 Å². The van der Waals surface area contributed by atoms with Crippen molar-refractivity contribution < 1.29 is 0 Å². The predicted molar refractivity (Wildman–Crippen MR) is 76.6 cm³/mol. The highest BCUT2D eigenvalue weighted by molar-refractivity contribution is 5.71. The Morgan fingerprint density at radius 3 is 2.56 bits per heavy atom. The summed E-state index contributed by atoms with van der Waals surface area (Å²) in [6.07, 6.45) is 0. The molecule has 1 aromatic carbocycles. The Bertz CT molecular complexity index is 553. The van der Waals surface area contributed by atoms with E-state index in [0.717, 1.165) is 29.4 Å². The van der Waals surface area contributed by atoms with Crippen LogP contribution in [0.3, 0.4) is 0 Å². The largest absolute Gasteiger partial charge is 0.383 e. The van der Waals surface area contributed by atoms with Gasteiger partial charge >= 0.3 is 0 Å². The zero-order chi connectivity index (χ0) is 13.3. The Balaban J connectivity index is 2.59. The smallest absolute Gasteiger partial charge is 0.131 e. The molecule has 0 unspecified atom stereocenters. The van der Waals surface area contributed by atoms with E-state index >= 15 is 0 Å². The van der Waals surface area contributed by atoms with E-state index < -0.39 is 0 Å². The molecular weight excluding hydrogens is 222 g/mol. The molecule has 3 nitrogen and oxygen atoms in total. The van der Waals surface area contributed by atoms with Gasteiger partial charge in [0.25, 0.3) is 0 Å². The maximum atomic E-state index is 6.24. The Morgan fingerprint density at radius 2 is 2.06 bits per heavy atom. The lowest BCUT2D eigenvalue weighted by Gasteiger charge is -2.08. The molecule has 0 amide bonds. The Morgan fingerprint density at radius 1 is 1.33 bits per heavy atom. The lowest BCUT2D eigenvalue weighted by Crippen LogP contribution is -2.06. The third-order valence-corrected chi connectivity index (χ3v) is 3.16. The number of aromatic nitrogens is 2. The lowest BCUT2D eigenvalue weighted by molar-refractivity contribution is 0.658. The molecule has 0 spiro atoms. The van der Waals surface area contributed by atoms with Gasteiger partial charge in [-0.05, 0) is 19.9 Å². The number of benzene rings is 1. The van der Waals surface area contributed by atoms with E-state index in [1.165, 1.54) is 5.56 Å². The minimum atomic E-state index is 0.380. The van der Waals surface area contributed by atoms with Gasteiger partial charge in [-0.3, -0.25) is 0 Å². The SMILES string of the molecule is CCn1c(C(C)C)nc(-c2cccc(C)c2)c1N. The summed E-state index contributed by atoms with van der Waals surface area (Å²) in [6.45, 7) is 9.34. The van der Waals surface area contributed by atoms with E-state index in [2.05, 4.69) is 50.5 Å². The minimum absolute atomic E-state index is 0.380. The van der Waals surface area contributed by atoms with Gasteiger partial charge in [-0.1, -0.05) is 37.6 Å². The Hall–Kier alpha value is -1.77. The summed E-state index contributed by atoms with van der Waals surface area (Å²) < 4.78 is 2.10. The predicted octanol–water partition coefficient (Wildman–Crippen LogP) is 3.58. The van der Waals surface area contributed by atoms with Crippen molar-refractivity contribution in [3.63, 3.8) is 0 Å². The molecule has 1 heterocycles. The average Bonchev–Trinajstić information content (AvgIpc) is 2.66. The zero-order valence-corrected chi connectivity index (χ0v) is 11.6.